The van der Waals surface area contributed by atoms with Gasteiger partial charge in [0, 0.05) is 12.1 Å². The van der Waals surface area contributed by atoms with Gasteiger partial charge in [0.25, 0.3) is 0 Å². The summed E-state index contributed by atoms with van der Waals surface area (Å²) in [5.41, 5.74) is 2.84. The highest BCUT2D eigenvalue weighted by molar-refractivity contribution is 5.75. The van der Waals surface area contributed by atoms with Crippen LogP contribution in [0.1, 0.15) is 51.6 Å². The first-order valence-corrected chi connectivity index (χ1v) is 8.02. The fourth-order valence-corrected chi connectivity index (χ4v) is 3.55. The second kappa shape index (κ2) is 5.68. The van der Waals surface area contributed by atoms with Crippen molar-refractivity contribution in [3.8, 4) is 0 Å². The molecule has 0 radical (unpaired) electrons. The third-order valence-corrected chi connectivity index (χ3v) is 5.21. The van der Waals surface area contributed by atoms with E-state index in [0.717, 1.165) is 22.9 Å². The van der Waals surface area contributed by atoms with Crippen LogP contribution in [0.3, 0.4) is 0 Å². The maximum atomic E-state index is 11.3. The molecule has 0 aliphatic heterocycles. The van der Waals surface area contributed by atoms with Crippen molar-refractivity contribution in [3.05, 3.63) is 34.2 Å². The summed E-state index contributed by atoms with van der Waals surface area (Å²) in [6.45, 7) is 6.93. The molecule has 0 saturated heterocycles. The van der Waals surface area contributed by atoms with Crippen molar-refractivity contribution in [2.75, 3.05) is 0 Å². The number of benzene rings is 1. The second-order valence-electron chi connectivity index (χ2n) is 6.65. The largest absolute Gasteiger partial charge is 0.323 e. The highest BCUT2D eigenvalue weighted by Crippen LogP contribution is 2.31. The third-order valence-electron chi connectivity index (χ3n) is 5.21. The van der Waals surface area contributed by atoms with E-state index in [-0.39, 0.29) is 5.69 Å². The molecule has 1 saturated carbocycles. The number of rotatable bonds is 3. The fraction of sp³-hybridized carbons (Fsp3) is 0.588. The van der Waals surface area contributed by atoms with Crippen molar-refractivity contribution < 1.29 is 0 Å². The van der Waals surface area contributed by atoms with E-state index < -0.39 is 0 Å². The van der Waals surface area contributed by atoms with Crippen LogP contribution in [0.4, 0.5) is 0 Å². The Balaban J connectivity index is 1.76. The Morgan fingerprint density at radius 3 is 2.76 bits per heavy atom. The van der Waals surface area contributed by atoms with Gasteiger partial charge in [-0.1, -0.05) is 32.8 Å². The Hall–Kier alpha value is -1.55. The Morgan fingerprint density at radius 1 is 1.19 bits per heavy atom. The van der Waals surface area contributed by atoms with E-state index in [9.17, 15) is 4.79 Å². The Bertz CT molecular complexity index is 672. The summed E-state index contributed by atoms with van der Waals surface area (Å²) in [4.78, 5) is 17.0. The summed E-state index contributed by atoms with van der Waals surface area (Å²) >= 11 is 0. The third kappa shape index (κ3) is 2.91. The molecule has 2 aromatic rings. The van der Waals surface area contributed by atoms with E-state index in [1.165, 1.54) is 24.8 Å². The molecule has 0 amide bonds. The number of fused-ring (bicyclic) bond motifs is 1. The topological polar surface area (TPSA) is 60.7 Å². The zero-order valence-corrected chi connectivity index (χ0v) is 13.1. The summed E-state index contributed by atoms with van der Waals surface area (Å²) in [6.07, 6.45) is 3.93. The zero-order valence-electron chi connectivity index (χ0n) is 13.1. The van der Waals surface area contributed by atoms with Crippen LogP contribution in [0.15, 0.2) is 23.0 Å². The average Bonchev–Trinajstić information content (AvgIpc) is 2.82. The van der Waals surface area contributed by atoms with Gasteiger partial charge >= 0.3 is 5.69 Å². The molecule has 3 rings (SSSR count). The minimum Gasteiger partial charge on any atom is -0.307 e. The molecule has 4 unspecified atom stereocenters. The number of hydrogen-bond donors (Lipinski definition) is 3. The van der Waals surface area contributed by atoms with Crippen molar-refractivity contribution in [2.24, 2.45) is 11.8 Å². The summed E-state index contributed by atoms with van der Waals surface area (Å²) in [7, 11) is 0. The van der Waals surface area contributed by atoms with E-state index >= 15 is 0 Å². The van der Waals surface area contributed by atoms with Crippen LogP contribution >= 0.6 is 0 Å². The van der Waals surface area contributed by atoms with Crippen LogP contribution in [-0.2, 0) is 0 Å². The predicted molar refractivity (Wildman–Crippen MR) is 86.4 cm³/mol. The molecule has 4 nitrogen and oxygen atoms in total. The number of H-pyrrole nitrogens is 2. The van der Waals surface area contributed by atoms with Gasteiger partial charge in [-0.3, -0.25) is 0 Å². The quantitative estimate of drug-likeness (QED) is 0.811. The smallest absolute Gasteiger partial charge is 0.307 e. The van der Waals surface area contributed by atoms with E-state index in [1.54, 1.807) is 0 Å². The van der Waals surface area contributed by atoms with Gasteiger partial charge in [0.1, 0.15) is 0 Å². The van der Waals surface area contributed by atoms with Gasteiger partial charge < -0.3 is 15.3 Å². The van der Waals surface area contributed by atoms with Crippen LogP contribution in [-0.4, -0.2) is 16.0 Å². The second-order valence-corrected chi connectivity index (χ2v) is 6.65. The van der Waals surface area contributed by atoms with Crippen molar-refractivity contribution in [1.29, 1.82) is 0 Å². The minimum atomic E-state index is -0.141. The molecule has 4 atom stereocenters. The lowest BCUT2D eigenvalue weighted by molar-refractivity contribution is 0.196. The van der Waals surface area contributed by atoms with Crippen LogP contribution in [0.2, 0.25) is 0 Å². The molecular formula is C17H25N3O. The van der Waals surface area contributed by atoms with Gasteiger partial charge in [0.2, 0.25) is 0 Å². The number of nitrogens with one attached hydrogen (secondary N) is 3. The van der Waals surface area contributed by atoms with Crippen LogP contribution in [0.5, 0.6) is 0 Å². The van der Waals surface area contributed by atoms with Gasteiger partial charge in [-0.2, -0.15) is 0 Å². The SMILES string of the molecule is CC(NC1CCCC(C)C1C)c1ccc2[nH]c(=O)[nH]c2c1. The van der Waals surface area contributed by atoms with E-state index in [1.807, 2.05) is 6.07 Å². The van der Waals surface area contributed by atoms with E-state index in [0.29, 0.717) is 12.1 Å². The molecule has 21 heavy (non-hydrogen) atoms. The Labute approximate surface area is 125 Å². The lowest BCUT2D eigenvalue weighted by atomic mass is 9.77. The molecule has 1 aliphatic carbocycles. The first-order chi connectivity index (χ1) is 10.0. The molecule has 1 heterocycles. The molecule has 1 aliphatic rings. The minimum absolute atomic E-state index is 0.141. The maximum Gasteiger partial charge on any atom is 0.323 e. The molecular weight excluding hydrogens is 262 g/mol. The molecule has 1 fully saturated rings. The molecule has 1 aromatic carbocycles. The predicted octanol–water partition coefficient (Wildman–Crippen LogP) is 3.33. The van der Waals surface area contributed by atoms with Crippen molar-refractivity contribution >= 4 is 11.0 Å². The first-order valence-electron chi connectivity index (χ1n) is 8.02. The number of imidazole rings is 1. The lowest BCUT2D eigenvalue weighted by Crippen LogP contribution is -2.41. The van der Waals surface area contributed by atoms with Gasteiger partial charge in [-0.05, 0) is 42.9 Å². The Morgan fingerprint density at radius 2 is 1.95 bits per heavy atom. The molecule has 0 spiro atoms. The molecule has 4 heteroatoms. The zero-order chi connectivity index (χ0) is 15.0. The molecule has 3 N–H and O–H groups in total. The van der Waals surface area contributed by atoms with Crippen molar-refractivity contribution in [3.63, 3.8) is 0 Å². The Kier molecular flexibility index (Phi) is 3.89. The molecule has 1 aromatic heterocycles. The first kappa shape index (κ1) is 14.4. The van der Waals surface area contributed by atoms with Gasteiger partial charge in [-0.15, -0.1) is 0 Å². The number of aromatic amines is 2. The summed E-state index contributed by atoms with van der Waals surface area (Å²) in [5.74, 6) is 1.52. The van der Waals surface area contributed by atoms with E-state index in [2.05, 4.69) is 48.2 Å². The fourth-order valence-electron chi connectivity index (χ4n) is 3.55. The normalized spacial score (nSPS) is 27.9. The van der Waals surface area contributed by atoms with E-state index in [4.69, 9.17) is 0 Å². The standard InChI is InChI=1S/C17H25N3O/c1-10-5-4-6-14(11(10)2)18-12(3)13-7-8-15-16(9-13)20-17(21)19-15/h7-12,14,18H,4-6H2,1-3H3,(H2,19,20,21). The molecule has 0 bridgehead atoms. The van der Waals surface area contributed by atoms with Crippen molar-refractivity contribution in [1.82, 2.24) is 15.3 Å². The highest BCUT2D eigenvalue weighted by Gasteiger charge is 2.27. The average molecular weight is 287 g/mol. The van der Waals surface area contributed by atoms with Crippen LogP contribution in [0, 0.1) is 11.8 Å². The maximum absolute atomic E-state index is 11.3. The number of aromatic nitrogens is 2. The lowest BCUT2D eigenvalue weighted by Gasteiger charge is -2.36. The van der Waals surface area contributed by atoms with Gasteiger partial charge in [0.15, 0.2) is 0 Å². The monoisotopic (exact) mass is 287 g/mol. The summed E-state index contributed by atoms with van der Waals surface area (Å²) < 4.78 is 0. The summed E-state index contributed by atoms with van der Waals surface area (Å²) in [5, 5.41) is 3.78. The highest BCUT2D eigenvalue weighted by atomic mass is 16.1. The van der Waals surface area contributed by atoms with Gasteiger partial charge in [0.05, 0.1) is 11.0 Å². The summed E-state index contributed by atoms with van der Waals surface area (Å²) in [6, 6.07) is 7.03. The molecule has 114 valence electrons. The number of hydrogen-bond acceptors (Lipinski definition) is 2. The van der Waals surface area contributed by atoms with Gasteiger partial charge in [-0.25, -0.2) is 4.79 Å². The van der Waals surface area contributed by atoms with Crippen LogP contribution in [0.25, 0.3) is 11.0 Å². The van der Waals surface area contributed by atoms with Crippen LogP contribution < -0.4 is 11.0 Å². The van der Waals surface area contributed by atoms with Crippen molar-refractivity contribution in [2.45, 2.75) is 52.1 Å².